The lowest BCUT2D eigenvalue weighted by Gasteiger charge is -2.33. The van der Waals surface area contributed by atoms with E-state index < -0.39 is 0 Å². The molecule has 29 heavy (non-hydrogen) atoms. The van der Waals surface area contributed by atoms with E-state index in [9.17, 15) is 9.59 Å². The van der Waals surface area contributed by atoms with Gasteiger partial charge in [-0.15, -0.1) is 0 Å². The van der Waals surface area contributed by atoms with Crippen molar-refractivity contribution in [3.63, 3.8) is 0 Å². The molecular formula is C23H28ClN3O2. The van der Waals surface area contributed by atoms with Crippen LogP contribution in [0.25, 0.3) is 0 Å². The molecule has 3 rings (SSSR count). The zero-order chi connectivity index (χ0) is 20.6. The molecule has 2 N–H and O–H groups in total. The van der Waals surface area contributed by atoms with Crippen molar-refractivity contribution >= 4 is 29.1 Å². The summed E-state index contributed by atoms with van der Waals surface area (Å²) in [6, 6.07) is 15.5. The van der Waals surface area contributed by atoms with Crippen molar-refractivity contribution in [3.8, 4) is 0 Å². The molecule has 0 radical (unpaired) electrons. The molecule has 0 atom stereocenters. The van der Waals surface area contributed by atoms with Crippen LogP contribution in [0.4, 0.5) is 5.69 Å². The van der Waals surface area contributed by atoms with Gasteiger partial charge in [0.05, 0.1) is 6.54 Å². The van der Waals surface area contributed by atoms with Gasteiger partial charge in [0.1, 0.15) is 0 Å². The number of carbonyl (C=O) groups excluding carboxylic acids is 2. The molecular weight excluding hydrogens is 386 g/mol. The van der Waals surface area contributed by atoms with Crippen molar-refractivity contribution in [2.75, 3.05) is 18.5 Å². The maximum absolute atomic E-state index is 12.1. The average molecular weight is 414 g/mol. The minimum Gasteiger partial charge on any atom is -0.372 e. The third-order valence-corrected chi connectivity index (χ3v) is 5.69. The molecule has 2 aromatic rings. The standard InChI is InChI=1S/C23H28ClN3O2/c1-27(20-8-3-2-4-9-20)21-12-10-17(11-13-21)15-25-22(28)16-26-23(29)18-6-5-7-19(24)14-18/h5-7,10-14,20H,2-4,8-9,15-16H2,1H3,(H,25,28)(H,26,29). The summed E-state index contributed by atoms with van der Waals surface area (Å²) in [4.78, 5) is 26.5. The van der Waals surface area contributed by atoms with Crippen LogP contribution in [-0.4, -0.2) is 31.4 Å². The van der Waals surface area contributed by atoms with Crippen LogP contribution in [0.1, 0.15) is 48.0 Å². The Balaban J connectivity index is 1.43. The summed E-state index contributed by atoms with van der Waals surface area (Å²) in [5.74, 6) is -0.554. The first-order chi connectivity index (χ1) is 14.0. The summed E-state index contributed by atoms with van der Waals surface area (Å²) in [7, 11) is 2.16. The predicted octanol–water partition coefficient (Wildman–Crippen LogP) is 4.16. The highest BCUT2D eigenvalue weighted by atomic mass is 35.5. The normalized spacial score (nSPS) is 14.3. The van der Waals surface area contributed by atoms with Gasteiger partial charge in [0.25, 0.3) is 5.91 Å². The molecule has 0 aliphatic heterocycles. The molecule has 1 saturated carbocycles. The Morgan fingerprint density at radius 3 is 2.45 bits per heavy atom. The average Bonchev–Trinajstić information content (AvgIpc) is 2.76. The number of benzene rings is 2. The van der Waals surface area contributed by atoms with E-state index in [0.717, 1.165) is 5.56 Å². The third kappa shape index (κ3) is 6.23. The van der Waals surface area contributed by atoms with Gasteiger partial charge < -0.3 is 15.5 Å². The third-order valence-electron chi connectivity index (χ3n) is 5.45. The lowest BCUT2D eigenvalue weighted by Crippen LogP contribution is -2.36. The van der Waals surface area contributed by atoms with Gasteiger partial charge in [0, 0.05) is 35.9 Å². The summed E-state index contributed by atoms with van der Waals surface area (Å²) in [6.45, 7) is 0.354. The van der Waals surface area contributed by atoms with Crippen LogP contribution >= 0.6 is 11.6 Å². The van der Waals surface area contributed by atoms with Crippen molar-refractivity contribution in [3.05, 3.63) is 64.7 Å². The fourth-order valence-electron chi connectivity index (χ4n) is 3.68. The van der Waals surface area contributed by atoms with Crippen molar-refractivity contribution < 1.29 is 9.59 Å². The summed E-state index contributed by atoms with van der Waals surface area (Å²) in [5.41, 5.74) is 2.67. The Labute approximate surface area is 177 Å². The summed E-state index contributed by atoms with van der Waals surface area (Å²) in [5, 5.41) is 5.93. The van der Waals surface area contributed by atoms with Crippen LogP contribution in [-0.2, 0) is 11.3 Å². The number of hydrogen-bond donors (Lipinski definition) is 2. The van der Waals surface area contributed by atoms with E-state index in [-0.39, 0.29) is 18.4 Å². The van der Waals surface area contributed by atoms with Crippen LogP contribution in [0.15, 0.2) is 48.5 Å². The monoisotopic (exact) mass is 413 g/mol. The second-order valence-corrected chi connectivity index (χ2v) is 7.98. The Hall–Kier alpha value is -2.53. The molecule has 154 valence electrons. The van der Waals surface area contributed by atoms with E-state index in [4.69, 9.17) is 11.6 Å². The van der Waals surface area contributed by atoms with E-state index in [0.29, 0.717) is 23.2 Å². The van der Waals surface area contributed by atoms with Gasteiger partial charge in [0.15, 0.2) is 0 Å². The maximum Gasteiger partial charge on any atom is 0.251 e. The van der Waals surface area contributed by atoms with E-state index in [1.54, 1.807) is 24.3 Å². The first-order valence-electron chi connectivity index (χ1n) is 10.1. The molecule has 2 aromatic carbocycles. The fraction of sp³-hybridized carbons (Fsp3) is 0.391. The molecule has 1 aliphatic carbocycles. The van der Waals surface area contributed by atoms with Gasteiger partial charge in [0.2, 0.25) is 5.91 Å². The summed E-state index contributed by atoms with van der Waals surface area (Å²) < 4.78 is 0. The number of anilines is 1. The minimum atomic E-state index is -0.322. The van der Waals surface area contributed by atoms with Gasteiger partial charge in [-0.05, 0) is 48.7 Å². The van der Waals surface area contributed by atoms with E-state index in [2.05, 4.69) is 34.7 Å². The van der Waals surface area contributed by atoms with E-state index in [1.807, 2.05) is 12.1 Å². The van der Waals surface area contributed by atoms with Gasteiger partial charge in [-0.1, -0.05) is 49.1 Å². The van der Waals surface area contributed by atoms with Crippen LogP contribution in [0.2, 0.25) is 5.02 Å². The second kappa shape index (κ2) is 10.3. The second-order valence-electron chi connectivity index (χ2n) is 7.54. The molecule has 0 unspecified atom stereocenters. The van der Waals surface area contributed by atoms with E-state index in [1.165, 1.54) is 37.8 Å². The Morgan fingerprint density at radius 1 is 1.03 bits per heavy atom. The van der Waals surface area contributed by atoms with Crippen molar-refractivity contribution in [2.24, 2.45) is 0 Å². The van der Waals surface area contributed by atoms with Crippen molar-refractivity contribution in [2.45, 2.75) is 44.7 Å². The van der Waals surface area contributed by atoms with Gasteiger partial charge >= 0.3 is 0 Å². The Bertz CT molecular complexity index is 832. The topological polar surface area (TPSA) is 61.4 Å². The molecule has 1 fully saturated rings. The number of hydrogen-bond acceptors (Lipinski definition) is 3. The molecule has 0 spiro atoms. The van der Waals surface area contributed by atoms with Crippen LogP contribution in [0.5, 0.6) is 0 Å². The lowest BCUT2D eigenvalue weighted by molar-refractivity contribution is -0.120. The first kappa shape index (κ1) is 21.2. The SMILES string of the molecule is CN(c1ccc(CNC(=O)CNC(=O)c2cccc(Cl)c2)cc1)C1CCCCC1. The van der Waals surface area contributed by atoms with Crippen LogP contribution < -0.4 is 15.5 Å². The molecule has 5 nitrogen and oxygen atoms in total. The minimum absolute atomic E-state index is 0.0755. The highest BCUT2D eigenvalue weighted by molar-refractivity contribution is 6.30. The maximum atomic E-state index is 12.1. The quantitative estimate of drug-likeness (QED) is 0.716. The smallest absolute Gasteiger partial charge is 0.251 e. The number of rotatable bonds is 7. The number of carbonyl (C=O) groups is 2. The molecule has 1 aliphatic rings. The van der Waals surface area contributed by atoms with Gasteiger partial charge in [-0.2, -0.15) is 0 Å². The Kier molecular flexibility index (Phi) is 7.53. The molecule has 0 heterocycles. The number of halogens is 1. The van der Waals surface area contributed by atoms with Gasteiger partial charge in [-0.25, -0.2) is 0 Å². The highest BCUT2D eigenvalue weighted by Crippen LogP contribution is 2.26. The van der Waals surface area contributed by atoms with Crippen LogP contribution in [0.3, 0.4) is 0 Å². The lowest BCUT2D eigenvalue weighted by atomic mass is 9.94. The Morgan fingerprint density at radius 2 is 1.76 bits per heavy atom. The van der Waals surface area contributed by atoms with Gasteiger partial charge in [-0.3, -0.25) is 9.59 Å². The zero-order valence-electron chi connectivity index (χ0n) is 16.8. The van der Waals surface area contributed by atoms with E-state index >= 15 is 0 Å². The fourth-order valence-corrected chi connectivity index (χ4v) is 3.87. The summed E-state index contributed by atoms with van der Waals surface area (Å²) >= 11 is 5.88. The first-order valence-corrected chi connectivity index (χ1v) is 10.5. The molecule has 6 heteroatoms. The molecule has 0 saturated heterocycles. The highest BCUT2D eigenvalue weighted by Gasteiger charge is 2.18. The molecule has 0 bridgehead atoms. The largest absolute Gasteiger partial charge is 0.372 e. The molecule has 2 amide bonds. The number of nitrogens with zero attached hydrogens (tertiary/aromatic N) is 1. The molecule has 0 aromatic heterocycles. The predicted molar refractivity (Wildman–Crippen MR) is 117 cm³/mol. The number of nitrogens with one attached hydrogen (secondary N) is 2. The summed E-state index contributed by atoms with van der Waals surface area (Å²) in [6.07, 6.45) is 6.49. The number of amides is 2. The van der Waals surface area contributed by atoms with Crippen molar-refractivity contribution in [1.82, 2.24) is 10.6 Å². The zero-order valence-corrected chi connectivity index (χ0v) is 17.5. The van der Waals surface area contributed by atoms with Crippen molar-refractivity contribution in [1.29, 1.82) is 0 Å². The van der Waals surface area contributed by atoms with Crippen LogP contribution in [0, 0.1) is 0 Å².